The van der Waals surface area contributed by atoms with Crippen molar-refractivity contribution in [3.05, 3.63) is 105 Å². The van der Waals surface area contributed by atoms with Crippen LogP contribution in [0.2, 0.25) is 0 Å². The van der Waals surface area contributed by atoms with Crippen LogP contribution in [-0.4, -0.2) is 39.8 Å². The third kappa shape index (κ3) is 3.29. The smallest absolute Gasteiger partial charge is 0.271 e. The van der Waals surface area contributed by atoms with Gasteiger partial charge in [0, 0.05) is 17.7 Å². The van der Waals surface area contributed by atoms with Gasteiger partial charge in [-0.1, -0.05) is 30.3 Å². The number of amides is 2. The van der Waals surface area contributed by atoms with Crippen LogP contribution < -0.4 is 4.90 Å². The number of ketones is 1. The summed E-state index contributed by atoms with van der Waals surface area (Å²) in [6.07, 6.45) is 1.59. The molecule has 3 aliphatic rings. The van der Waals surface area contributed by atoms with Crippen molar-refractivity contribution in [1.29, 1.82) is 0 Å². The molecule has 6 rings (SSSR count). The van der Waals surface area contributed by atoms with Crippen molar-refractivity contribution in [3.8, 4) is 0 Å². The average Bonchev–Trinajstić information content (AvgIpc) is 3.37. The number of fused-ring (bicyclic) bond motifs is 5. The maximum atomic E-state index is 13.9. The van der Waals surface area contributed by atoms with E-state index >= 15 is 0 Å². The van der Waals surface area contributed by atoms with E-state index in [2.05, 4.69) is 5.10 Å². The van der Waals surface area contributed by atoms with Crippen LogP contribution in [0.1, 0.15) is 33.1 Å². The molecule has 0 aromatic heterocycles. The highest BCUT2D eigenvalue weighted by Gasteiger charge is 2.65. The lowest BCUT2D eigenvalue weighted by atomic mass is 9.83. The number of nitrogens with zero attached hydrogens (tertiary/aromatic N) is 4. The predicted octanol–water partition coefficient (Wildman–Crippen LogP) is 3.80. The van der Waals surface area contributed by atoms with Crippen LogP contribution in [0, 0.1) is 34.7 Å². The van der Waals surface area contributed by atoms with E-state index in [0.29, 0.717) is 5.56 Å². The largest absolute Gasteiger partial charge is 0.292 e. The molecule has 2 amide bonds. The molecule has 2 fully saturated rings. The average molecular weight is 498 g/mol. The molecule has 3 aromatic carbocycles. The molecule has 0 saturated carbocycles. The van der Waals surface area contributed by atoms with Crippen LogP contribution in [0.15, 0.2) is 71.8 Å². The van der Waals surface area contributed by atoms with Gasteiger partial charge in [0.1, 0.15) is 11.9 Å². The van der Waals surface area contributed by atoms with Gasteiger partial charge in [0.25, 0.3) is 5.69 Å². The third-order valence-electron chi connectivity index (χ3n) is 7.33. The molecular formula is C27H19FN4O5. The molecule has 4 atom stereocenters. The number of hydrogen-bond acceptors (Lipinski definition) is 7. The van der Waals surface area contributed by atoms with Crippen LogP contribution in [-0.2, 0) is 9.59 Å². The Labute approximate surface area is 210 Å². The number of rotatable bonds is 4. The Morgan fingerprint density at radius 1 is 1.00 bits per heavy atom. The van der Waals surface area contributed by atoms with Crippen LogP contribution in [0.3, 0.4) is 0 Å². The number of halogens is 1. The number of Topliss-reactive ketones (excluding diaryl/α,β-unsaturated/α-hetero) is 1. The highest BCUT2D eigenvalue weighted by atomic mass is 19.1. The number of imide groups is 1. The molecule has 3 heterocycles. The number of nitro benzene ring substituents is 1. The molecule has 0 radical (unpaired) electrons. The Morgan fingerprint density at radius 2 is 1.70 bits per heavy atom. The Balaban J connectivity index is 1.51. The number of non-ortho nitro benzene ring substituents is 1. The molecule has 0 aliphatic carbocycles. The molecule has 3 aromatic rings. The molecule has 0 unspecified atom stereocenters. The summed E-state index contributed by atoms with van der Waals surface area (Å²) in [6.45, 7) is 1.65. The zero-order valence-electron chi connectivity index (χ0n) is 19.4. The number of carbonyl (C=O) groups excluding carboxylic acids is 3. The SMILES string of the molecule is Cc1ccc([N+](=O)[O-])cc1N1C(=O)[C@@H]2[C@H](C1=O)[C@H](C(=O)c1ccc(F)cc1)N1N=Cc3ccccc3[C@H]21. The molecule has 9 nitrogen and oxygen atoms in total. The number of hydrazone groups is 1. The van der Waals surface area contributed by atoms with E-state index in [1.54, 1.807) is 13.1 Å². The van der Waals surface area contributed by atoms with Gasteiger partial charge in [-0.2, -0.15) is 5.10 Å². The molecule has 2 saturated heterocycles. The van der Waals surface area contributed by atoms with Gasteiger partial charge in [-0.05, 0) is 47.9 Å². The van der Waals surface area contributed by atoms with Gasteiger partial charge >= 0.3 is 0 Å². The molecule has 37 heavy (non-hydrogen) atoms. The highest BCUT2D eigenvalue weighted by Crippen LogP contribution is 2.53. The van der Waals surface area contributed by atoms with Gasteiger partial charge in [-0.25, -0.2) is 9.29 Å². The van der Waals surface area contributed by atoms with E-state index < -0.39 is 52.3 Å². The standard InChI is InChI=1S/C27H19FN4O5/c1-14-6-11-18(32(36)37)12-20(14)30-26(34)21-22(27(30)35)24(25(33)15-7-9-17(28)10-8-15)31-23(21)19-5-3-2-4-16(19)13-29-31/h2-13,21-24H,1H3/t21-,22+,23-,24-/m1/s1. The van der Waals surface area contributed by atoms with Crippen LogP contribution in [0.25, 0.3) is 0 Å². The normalized spacial score (nSPS) is 23.6. The minimum Gasteiger partial charge on any atom is -0.292 e. The molecule has 0 spiro atoms. The van der Waals surface area contributed by atoms with Crippen molar-refractivity contribution in [3.63, 3.8) is 0 Å². The van der Waals surface area contributed by atoms with Gasteiger partial charge in [-0.3, -0.25) is 29.5 Å². The minimum absolute atomic E-state index is 0.116. The number of aryl methyl sites for hydroxylation is 1. The van der Waals surface area contributed by atoms with Gasteiger partial charge in [0.2, 0.25) is 11.8 Å². The fourth-order valence-corrected chi connectivity index (χ4v) is 5.64. The number of nitro groups is 1. The molecule has 184 valence electrons. The Bertz CT molecular complexity index is 1540. The van der Waals surface area contributed by atoms with E-state index in [-0.39, 0.29) is 16.9 Å². The van der Waals surface area contributed by atoms with E-state index in [1.165, 1.54) is 35.3 Å². The number of carbonyl (C=O) groups is 3. The number of anilines is 1. The molecule has 0 bridgehead atoms. The second-order valence-corrected chi connectivity index (χ2v) is 9.31. The van der Waals surface area contributed by atoms with Crippen LogP contribution >= 0.6 is 0 Å². The van der Waals surface area contributed by atoms with E-state index in [4.69, 9.17) is 0 Å². The Hall–Kier alpha value is -4.73. The van der Waals surface area contributed by atoms with E-state index in [1.807, 2.05) is 24.3 Å². The lowest BCUT2D eigenvalue weighted by Crippen LogP contribution is -2.44. The second kappa shape index (κ2) is 8.16. The molecular weight excluding hydrogens is 479 g/mol. The minimum atomic E-state index is -1.12. The summed E-state index contributed by atoms with van der Waals surface area (Å²) in [6, 6.07) is 14.5. The first-order chi connectivity index (χ1) is 17.8. The first-order valence-electron chi connectivity index (χ1n) is 11.6. The monoisotopic (exact) mass is 498 g/mol. The molecule has 3 aliphatic heterocycles. The maximum absolute atomic E-state index is 13.9. The van der Waals surface area contributed by atoms with Gasteiger partial charge in [0.05, 0.1) is 34.7 Å². The summed E-state index contributed by atoms with van der Waals surface area (Å²) < 4.78 is 13.6. The van der Waals surface area contributed by atoms with Crippen LogP contribution in [0.5, 0.6) is 0 Å². The lowest BCUT2D eigenvalue weighted by molar-refractivity contribution is -0.384. The zero-order valence-corrected chi connectivity index (χ0v) is 19.4. The Morgan fingerprint density at radius 3 is 2.43 bits per heavy atom. The van der Waals surface area contributed by atoms with Crippen molar-refractivity contribution < 1.29 is 23.7 Å². The summed E-state index contributed by atoms with van der Waals surface area (Å²) in [7, 11) is 0. The van der Waals surface area contributed by atoms with Gasteiger partial charge in [-0.15, -0.1) is 0 Å². The van der Waals surface area contributed by atoms with Crippen molar-refractivity contribution in [2.24, 2.45) is 16.9 Å². The summed E-state index contributed by atoms with van der Waals surface area (Å²) >= 11 is 0. The van der Waals surface area contributed by atoms with E-state index in [9.17, 15) is 28.9 Å². The summed E-state index contributed by atoms with van der Waals surface area (Å²) in [5.41, 5.74) is 2.07. The van der Waals surface area contributed by atoms with Crippen molar-refractivity contribution in [2.45, 2.75) is 19.0 Å². The topological polar surface area (TPSA) is 113 Å². The van der Waals surface area contributed by atoms with Crippen LogP contribution in [0.4, 0.5) is 15.8 Å². The number of benzene rings is 3. The first kappa shape index (κ1) is 22.7. The molecule has 10 heteroatoms. The lowest BCUT2D eigenvalue weighted by Gasteiger charge is -2.34. The first-order valence-corrected chi connectivity index (χ1v) is 11.6. The van der Waals surface area contributed by atoms with E-state index in [0.717, 1.165) is 28.2 Å². The fraction of sp³-hybridized carbons (Fsp3) is 0.185. The Kier molecular flexibility index (Phi) is 5.01. The second-order valence-electron chi connectivity index (χ2n) is 9.31. The highest BCUT2D eigenvalue weighted by molar-refractivity contribution is 6.25. The maximum Gasteiger partial charge on any atom is 0.271 e. The van der Waals surface area contributed by atoms with Gasteiger partial charge < -0.3 is 0 Å². The quantitative estimate of drug-likeness (QED) is 0.234. The van der Waals surface area contributed by atoms with Crippen molar-refractivity contribution in [1.82, 2.24) is 5.01 Å². The fourth-order valence-electron chi connectivity index (χ4n) is 5.64. The summed E-state index contributed by atoms with van der Waals surface area (Å²) in [5, 5.41) is 17.4. The molecule has 0 N–H and O–H groups in total. The predicted molar refractivity (Wildman–Crippen MR) is 130 cm³/mol. The van der Waals surface area contributed by atoms with Crippen molar-refractivity contribution in [2.75, 3.05) is 4.90 Å². The summed E-state index contributed by atoms with van der Waals surface area (Å²) in [5.74, 6) is -4.18. The summed E-state index contributed by atoms with van der Waals surface area (Å²) in [4.78, 5) is 53.4. The van der Waals surface area contributed by atoms with Crippen molar-refractivity contribution >= 4 is 35.2 Å². The third-order valence-corrected chi connectivity index (χ3v) is 7.33. The number of hydrogen-bond donors (Lipinski definition) is 0. The zero-order chi connectivity index (χ0) is 26.0. The van der Waals surface area contributed by atoms with Gasteiger partial charge in [0.15, 0.2) is 5.78 Å².